The van der Waals surface area contributed by atoms with Crippen LogP contribution in [0.2, 0.25) is 23.4 Å². The molecular weight excluding hydrogens is 655 g/mol. The number of nitrogens with one attached hydrogen (secondary N) is 1. The number of aromatic nitrogens is 5. The molecule has 0 radical (unpaired) electrons. The van der Waals surface area contributed by atoms with E-state index in [1.807, 2.05) is 12.1 Å². The van der Waals surface area contributed by atoms with Crippen LogP contribution in [0.5, 0.6) is 0 Å². The van der Waals surface area contributed by atoms with Crippen molar-refractivity contribution in [3.8, 4) is 0 Å². The first kappa shape index (κ1) is 28.9. The molecule has 0 aliphatic rings. The highest BCUT2D eigenvalue weighted by Crippen LogP contribution is 2.37. The zero-order valence-corrected chi connectivity index (χ0v) is 26.6. The van der Waals surface area contributed by atoms with Gasteiger partial charge in [0, 0.05) is 16.0 Å². The maximum atomic E-state index is 13.3. The highest BCUT2D eigenvalue weighted by Gasteiger charge is 2.37. The molecule has 1 aromatic carbocycles. The van der Waals surface area contributed by atoms with Gasteiger partial charge in [0.05, 0.1) is 30.0 Å². The Kier molecular flexibility index (Phi) is 8.48. The van der Waals surface area contributed by atoms with E-state index in [0.29, 0.717) is 32.8 Å². The molecule has 0 aliphatic carbocycles. The zero-order chi connectivity index (χ0) is 27.7. The molecule has 3 aromatic heterocycles. The Morgan fingerprint density at radius 1 is 1.11 bits per heavy atom. The lowest BCUT2D eigenvalue weighted by Gasteiger charge is -2.36. The molecule has 1 N–H and O–H groups in total. The van der Waals surface area contributed by atoms with Crippen LogP contribution in [0, 0.1) is 3.57 Å². The fourth-order valence-corrected chi connectivity index (χ4v) is 6.95. The van der Waals surface area contributed by atoms with Crippen molar-refractivity contribution in [2.24, 2.45) is 0 Å². The van der Waals surface area contributed by atoms with Crippen molar-refractivity contribution in [2.75, 3.05) is 5.32 Å². The summed E-state index contributed by atoms with van der Waals surface area (Å²) in [6.07, 6.45) is 3.24. The molecule has 0 saturated carbocycles. The van der Waals surface area contributed by atoms with E-state index in [1.54, 1.807) is 30.5 Å². The van der Waals surface area contributed by atoms with E-state index in [4.69, 9.17) is 16.0 Å². The third kappa shape index (κ3) is 6.53. The predicted molar refractivity (Wildman–Crippen MR) is 161 cm³/mol. The maximum Gasteiger partial charge on any atom is 0.244 e. The van der Waals surface area contributed by atoms with Crippen LogP contribution in [-0.4, -0.2) is 40.6 Å². The molecule has 202 valence electrons. The van der Waals surface area contributed by atoms with E-state index >= 15 is 0 Å². The van der Waals surface area contributed by atoms with Crippen LogP contribution in [0.25, 0.3) is 11.0 Å². The van der Waals surface area contributed by atoms with E-state index in [-0.39, 0.29) is 28.3 Å². The minimum atomic E-state index is -3.75. The molecule has 0 fully saturated rings. The number of halogens is 2. The Hall–Kier alpha value is -2.13. The van der Waals surface area contributed by atoms with Gasteiger partial charge in [-0.1, -0.05) is 51.1 Å². The number of anilines is 1. The summed E-state index contributed by atoms with van der Waals surface area (Å²) in [5.41, 5.74) is 1.68. The number of hydrogen-bond donors (Lipinski definition) is 1. The molecule has 4 rings (SSSR count). The number of nitrogens with zero attached hydrogens (tertiary/aromatic N) is 5. The summed E-state index contributed by atoms with van der Waals surface area (Å²) in [5, 5.41) is 3.81. The molecule has 0 aliphatic heterocycles. The van der Waals surface area contributed by atoms with Gasteiger partial charge >= 0.3 is 0 Å². The van der Waals surface area contributed by atoms with Crippen LogP contribution in [0.4, 0.5) is 5.82 Å². The van der Waals surface area contributed by atoms with Gasteiger partial charge in [-0.2, -0.15) is 9.97 Å². The van der Waals surface area contributed by atoms with Crippen molar-refractivity contribution in [1.82, 2.24) is 23.9 Å². The van der Waals surface area contributed by atoms with E-state index in [2.05, 4.69) is 81.7 Å². The molecular formula is C25H30ClIN6O3SSi. The van der Waals surface area contributed by atoms with E-state index in [9.17, 15) is 8.42 Å². The first-order chi connectivity index (χ1) is 17.8. The van der Waals surface area contributed by atoms with Crippen LogP contribution >= 0.6 is 34.2 Å². The van der Waals surface area contributed by atoms with Crippen molar-refractivity contribution in [1.29, 1.82) is 0 Å². The molecule has 0 bridgehead atoms. The minimum absolute atomic E-state index is 0.0666. The smallest absolute Gasteiger partial charge is 0.244 e. The highest BCUT2D eigenvalue weighted by atomic mass is 127. The van der Waals surface area contributed by atoms with Gasteiger partial charge in [0.1, 0.15) is 11.6 Å². The average molecular weight is 685 g/mol. The summed E-state index contributed by atoms with van der Waals surface area (Å²) in [5.74, 6) is 0.787. The summed E-state index contributed by atoms with van der Waals surface area (Å²) in [6.45, 7) is 11.7. The number of benzene rings is 1. The second-order valence-electron chi connectivity index (χ2n) is 10.4. The average Bonchev–Trinajstić information content (AvgIpc) is 3.18. The first-order valence-corrected chi connectivity index (χ1v) is 17.9. The lowest BCUT2D eigenvalue weighted by Crippen LogP contribution is -2.40. The predicted octanol–water partition coefficient (Wildman–Crippen LogP) is 5.99. The van der Waals surface area contributed by atoms with Crippen molar-refractivity contribution >= 4 is 69.4 Å². The van der Waals surface area contributed by atoms with Crippen LogP contribution in [-0.2, 0) is 33.4 Å². The van der Waals surface area contributed by atoms with Crippen molar-refractivity contribution in [3.63, 3.8) is 0 Å². The summed E-state index contributed by atoms with van der Waals surface area (Å²) < 4.78 is 34.7. The Morgan fingerprint density at radius 2 is 1.82 bits per heavy atom. The fourth-order valence-electron chi connectivity index (χ4n) is 3.47. The van der Waals surface area contributed by atoms with Crippen LogP contribution in [0.1, 0.15) is 37.9 Å². The molecule has 0 spiro atoms. The van der Waals surface area contributed by atoms with Gasteiger partial charge in [-0.3, -0.25) is 0 Å². The van der Waals surface area contributed by atoms with Crippen LogP contribution in [0.3, 0.4) is 0 Å². The van der Waals surface area contributed by atoms with Gasteiger partial charge in [-0.15, -0.1) is 0 Å². The highest BCUT2D eigenvalue weighted by molar-refractivity contribution is 14.1. The van der Waals surface area contributed by atoms with Gasteiger partial charge in [0.15, 0.2) is 14.0 Å². The van der Waals surface area contributed by atoms with Gasteiger partial charge in [0.25, 0.3) is 0 Å². The normalized spacial score (nSPS) is 12.7. The maximum absolute atomic E-state index is 13.3. The fraction of sp³-hybridized carbons (Fsp3) is 0.360. The standard InChI is InChI=1S/C25H30ClIN6O3SSi/c1-25(2,3)38(4,5)36-15-18-11-12-28-20(30-18)13-29-22-21-19(27)14-33(23(21)32-24(26)31-22)37(34,35)16-17-9-7-6-8-10-17/h6-12,14H,13,15-16H2,1-5H3,(H,29,31,32). The Morgan fingerprint density at radius 3 is 2.50 bits per heavy atom. The lowest BCUT2D eigenvalue weighted by atomic mass is 10.2. The molecule has 13 heteroatoms. The van der Waals surface area contributed by atoms with Crippen molar-refractivity contribution < 1.29 is 12.8 Å². The number of hydrogen-bond acceptors (Lipinski definition) is 8. The summed E-state index contributed by atoms with van der Waals surface area (Å²) in [4.78, 5) is 17.6. The summed E-state index contributed by atoms with van der Waals surface area (Å²) >= 11 is 8.31. The number of fused-ring (bicyclic) bond motifs is 1. The second-order valence-corrected chi connectivity index (χ2v) is 18.6. The molecule has 0 saturated heterocycles. The number of rotatable bonds is 9. The van der Waals surface area contributed by atoms with Gasteiger partial charge in [-0.05, 0) is 64.0 Å². The van der Waals surface area contributed by atoms with Gasteiger partial charge in [0.2, 0.25) is 15.3 Å². The SMILES string of the molecule is CC(C)(C)[Si](C)(C)OCc1ccnc(CNc2nc(Cl)nc3c2c(I)cn3S(=O)(=O)Cc2ccccc2)n1. The molecule has 9 nitrogen and oxygen atoms in total. The molecule has 0 amide bonds. The van der Waals surface area contributed by atoms with Gasteiger partial charge in [-0.25, -0.2) is 22.4 Å². The van der Waals surface area contributed by atoms with Crippen LogP contribution in [0.15, 0.2) is 48.8 Å². The molecule has 0 unspecified atom stereocenters. The first-order valence-electron chi connectivity index (χ1n) is 12.0. The monoisotopic (exact) mass is 684 g/mol. The minimum Gasteiger partial charge on any atom is -0.411 e. The topological polar surface area (TPSA) is 112 Å². The van der Waals surface area contributed by atoms with Crippen molar-refractivity contribution in [2.45, 2.75) is 57.8 Å². The van der Waals surface area contributed by atoms with E-state index in [1.165, 1.54) is 10.2 Å². The van der Waals surface area contributed by atoms with E-state index in [0.717, 1.165) is 5.69 Å². The third-order valence-corrected chi connectivity index (χ3v) is 13.6. The Balaban J connectivity index is 1.57. The Bertz CT molecular complexity index is 1560. The van der Waals surface area contributed by atoms with Crippen molar-refractivity contribution in [3.05, 3.63) is 74.7 Å². The quantitative estimate of drug-likeness (QED) is 0.130. The molecule has 0 atom stereocenters. The third-order valence-electron chi connectivity index (χ3n) is 6.60. The largest absolute Gasteiger partial charge is 0.411 e. The second kappa shape index (κ2) is 11.2. The summed E-state index contributed by atoms with van der Waals surface area (Å²) in [6, 6.07) is 10.8. The molecule has 4 aromatic rings. The van der Waals surface area contributed by atoms with Crippen LogP contribution < -0.4 is 5.32 Å². The molecule has 3 heterocycles. The van der Waals surface area contributed by atoms with E-state index < -0.39 is 18.3 Å². The van der Waals surface area contributed by atoms with Gasteiger partial charge < -0.3 is 9.74 Å². The Labute approximate surface area is 242 Å². The summed E-state index contributed by atoms with van der Waals surface area (Å²) in [7, 11) is -5.67. The molecule has 38 heavy (non-hydrogen) atoms. The zero-order valence-electron chi connectivity index (χ0n) is 21.9. The lowest BCUT2D eigenvalue weighted by molar-refractivity contribution is 0.271.